The van der Waals surface area contributed by atoms with Gasteiger partial charge in [-0.3, -0.25) is 4.79 Å². The molecule has 1 aromatic carbocycles. The van der Waals surface area contributed by atoms with E-state index in [1.54, 1.807) is 41.9 Å². The summed E-state index contributed by atoms with van der Waals surface area (Å²) in [7, 11) is 1.65. The molecule has 0 bridgehead atoms. The molecule has 31 heavy (non-hydrogen) atoms. The molecule has 0 radical (unpaired) electrons. The summed E-state index contributed by atoms with van der Waals surface area (Å²) < 4.78 is 19.8. The lowest BCUT2D eigenvalue weighted by Crippen LogP contribution is -2.29. The van der Waals surface area contributed by atoms with Crippen molar-refractivity contribution in [3.8, 4) is 0 Å². The number of anilines is 1. The van der Waals surface area contributed by atoms with Crippen LogP contribution >= 0.6 is 23.5 Å². The van der Waals surface area contributed by atoms with Crippen molar-refractivity contribution in [3.63, 3.8) is 0 Å². The van der Waals surface area contributed by atoms with E-state index in [4.69, 9.17) is 4.74 Å². The maximum Gasteiger partial charge on any atom is 0.230 e. The molecule has 8 nitrogen and oxygen atoms in total. The fourth-order valence-corrected chi connectivity index (χ4v) is 4.02. The SMILES string of the molecule is CCSc1nc(NCCOC)c2cnn(CCNC(=O)CSc3ccc(F)cc3)c2n1. The molecule has 2 N–H and O–H groups in total. The maximum atomic E-state index is 13.0. The molecule has 2 aromatic heterocycles. The van der Waals surface area contributed by atoms with Gasteiger partial charge in [-0.2, -0.15) is 5.10 Å². The Kier molecular flexibility index (Phi) is 8.92. The molecule has 0 unspecified atom stereocenters. The molecule has 0 saturated heterocycles. The molecule has 0 atom stereocenters. The van der Waals surface area contributed by atoms with Gasteiger partial charge in [0, 0.05) is 25.1 Å². The summed E-state index contributed by atoms with van der Waals surface area (Å²) in [5, 5.41) is 12.1. The average molecular weight is 465 g/mol. The molecule has 3 aromatic rings. The number of ether oxygens (including phenoxy) is 1. The predicted octanol–water partition coefficient (Wildman–Crippen LogP) is 3.04. The monoisotopic (exact) mass is 464 g/mol. The van der Waals surface area contributed by atoms with E-state index in [-0.39, 0.29) is 17.5 Å². The molecule has 0 fully saturated rings. The summed E-state index contributed by atoms with van der Waals surface area (Å²) in [5.41, 5.74) is 0.723. The van der Waals surface area contributed by atoms with Gasteiger partial charge in [0.1, 0.15) is 11.6 Å². The van der Waals surface area contributed by atoms with Gasteiger partial charge in [0.15, 0.2) is 10.8 Å². The second kappa shape index (κ2) is 11.9. The Morgan fingerprint density at radius 2 is 2.00 bits per heavy atom. The molecule has 0 aliphatic heterocycles. The van der Waals surface area contributed by atoms with Crippen LogP contribution in [0.3, 0.4) is 0 Å². The van der Waals surface area contributed by atoms with Crippen molar-refractivity contribution >= 4 is 46.3 Å². The molecule has 3 rings (SSSR count). The number of fused-ring (bicyclic) bond motifs is 1. The van der Waals surface area contributed by atoms with Crippen LogP contribution in [0.1, 0.15) is 6.92 Å². The first-order chi connectivity index (χ1) is 15.1. The molecule has 1 amide bonds. The first-order valence-corrected chi connectivity index (χ1v) is 11.8. The number of methoxy groups -OCH3 is 1. The van der Waals surface area contributed by atoms with Crippen molar-refractivity contribution < 1.29 is 13.9 Å². The number of halogens is 1. The van der Waals surface area contributed by atoms with Gasteiger partial charge in [-0.15, -0.1) is 11.8 Å². The number of carbonyl (C=O) groups is 1. The summed E-state index contributed by atoms with van der Waals surface area (Å²) in [6, 6.07) is 6.09. The fraction of sp³-hybridized carbons (Fsp3) is 0.400. The number of hydrogen-bond acceptors (Lipinski definition) is 8. The van der Waals surface area contributed by atoms with Crippen LogP contribution in [0.2, 0.25) is 0 Å². The lowest BCUT2D eigenvalue weighted by Gasteiger charge is -2.09. The highest BCUT2D eigenvalue weighted by Crippen LogP contribution is 2.24. The molecule has 0 aliphatic carbocycles. The van der Waals surface area contributed by atoms with E-state index in [2.05, 4.69) is 25.7 Å². The zero-order valence-corrected chi connectivity index (χ0v) is 19.1. The Bertz CT molecular complexity index is 999. The minimum absolute atomic E-state index is 0.0930. The number of nitrogens with zero attached hydrogens (tertiary/aromatic N) is 4. The smallest absolute Gasteiger partial charge is 0.230 e. The average Bonchev–Trinajstić information content (AvgIpc) is 3.17. The number of thioether (sulfide) groups is 2. The van der Waals surface area contributed by atoms with Crippen LogP contribution in [0.15, 0.2) is 40.5 Å². The van der Waals surface area contributed by atoms with Gasteiger partial charge >= 0.3 is 0 Å². The largest absolute Gasteiger partial charge is 0.383 e. The fourth-order valence-electron chi connectivity index (χ4n) is 2.73. The van der Waals surface area contributed by atoms with Crippen LogP contribution in [0.25, 0.3) is 11.0 Å². The Balaban J connectivity index is 1.59. The van der Waals surface area contributed by atoms with Crippen molar-refractivity contribution in [2.45, 2.75) is 23.5 Å². The lowest BCUT2D eigenvalue weighted by atomic mass is 10.4. The topological polar surface area (TPSA) is 94.0 Å². The van der Waals surface area contributed by atoms with Crippen LogP contribution in [-0.2, 0) is 16.1 Å². The lowest BCUT2D eigenvalue weighted by molar-refractivity contribution is -0.118. The molecule has 2 heterocycles. The van der Waals surface area contributed by atoms with Gasteiger partial charge < -0.3 is 15.4 Å². The zero-order valence-electron chi connectivity index (χ0n) is 17.4. The van der Waals surface area contributed by atoms with Gasteiger partial charge in [-0.25, -0.2) is 19.0 Å². The maximum absolute atomic E-state index is 13.0. The minimum atomic E-state index is -0.290. The van der Waals surface area contributed by atoms with E-state index >= 15 is 0 Å². The van der Waals surface area contributed by atoms with Crippen LogP contribution < -0.4 is 10.6 Å². The molecular formula is C20H25FN6O2S2. The van der Waals surface area contributed by atoms with Crippen molar-refractivity contribution in [1.29, 1.82) is 0 Å². The van der Waals surface area contributed by atoms with E-state index in [1.807, 2.05) is 6.92 Å². The predicted molar refractivity (Wildman–Crippen MR) is 122 cm³/mol. The highest BCUT2D eigenvalue weighted by Gasteiger charge is 2.13. The van der Waals surface area contributed by atoms with E-state index in [0.717, 1.165) is 27.5 Å². The Morgan fingerprint density at radius 1 is 1.19 bits per heavy atom. The van der Waals surface area contributed by atoms with Crippen LogP contribution in [0.4, 0.5) is 10.2 Å². The first kappa shape index (κ1) is 23.3. The molecule has 166 valence electrons. The quantitative estimate of drug-likeness (QED) is 0.240. The zero-order chi connectivity index (χ0) is 22.1. The second-order valence-corrected chi connectivity index (χ2v) is 8.68. The summed E-state index contributed by atoms with van der Waals surface area (Å²) >= 11 is 2.92. The number of rotatable bonds is 12. The Morgan fingerprint density at radius 3 is 2.74 bits per heavy atom. The van der Waals surface area contributed by atoms with Gasteiger partial charge in [-0.05, 0) is 30.0 Å². The van der Waals surface area contributed by atoms with E-state index in [1.165, 1.54) is 23.9 Å². The van der Waals surface area contributed by atoms with Crippen molar-refractivity contribution in [1.82, 2.24) is 25.1 Å². The number of hydrogen-bond donors (Lipinski definition) is 2. The molecule has 0 aliphatic rings. The number of benzene rings is 1. The Hall–Kier alpha value is -2.37. The third kappa shape index (κ3) is 6.81. The van der Waals surface area contributed by atoms with Gasteiger partial charge in [0.05, 0.1) is 30.5 Å². The molecule has 0 spiro atoms. The van der Waals surface area contributed by atoms with Gasteiger partial charge in [-0.1, -0.05) is 18.7 Å². The van der Waals surface area contributed by atoms with Crippen LogP contribution in [-0.4, -0.2) is 64.0 Å². The van der Waals surface area contributed by atoms with E-state index < -0.39 is 0 Å². The number of amides is 1. The van der Waals surface area contributed by atoms with Crippen molar-refractivity contribution in [2.75, 3.05) is 43.6 Å². The number of aromatic nitrogens is 4. The van der Waals surface area contributed by atoms with Gasteiger partial charge in [0.2, 0.25) is 5.91 Å². The molecule has 11 heteroatoms. The first-order valence-electron chi connectivity index (χ1n) is 9.85. The highest BCUT2D eigenvalue weighted by atomic mass is 32.2. The minimum Gasteiger partial charge on any atom is -0.383 e. The third-order valence-corrected chi connectivity index (χ3v) is 5.92. The van der Waals surface area contributed by atoms with Crippen molar-refractivity contribution in [3.05, 3.63) is 36.3 Å². The van der Waals surface area contributed by atoms with E-state index in [9.17, 15) is 9.18 Å². The number of carbonyl (C=O) groups excluding carboxylic acids is 1. The van der Waals surface area contributed by atoms with Crippen LogP contribution in [0.5, 0.6) is 0 Å². The summed E-state index contributed by atoms with van der Waals surface area (Å²) in [5.74, 6) is 1.47. The van der Waals surface area contributed by atoms with E-state index in [0.29, 0.717) is 31.4 Å². The normalized spacial score (nSPS) is 11.1. The van der Waals surface area contributed by atoms with Crippen molar-refractivity contribution in [2.24, 2.45) is 0 Å². The van der Waals surface area contributed by atoms with Gasteiger partial charge in [0.25, 0.3) is 0 Å². The second-order valence-electron chi connectivity index (χ2n) is 6.40. The molecular weight excluding hydrogens is 439 g/mol. The molecule has 0 saturated carbocycles. The Labute approximate surface area is 188 Å². The third-order valence-electron chi connectivity index (χ3n) is 4.18. The summed E-state index contributed by atoms with van der Waals surface area (Å²) in [6.45, 7) is 4.16. The number of nitrogens with one attached hydrogen (secondary N) is 2. The summed E-state index contributed by atoms with van der Waals surface area (Å²) in [6.07, 6.45) is 1.73. The standard InChI is InChI=1S/C20H25FN6O2S2/c1-3-30-20-25-18(23-9-11-29-2)16-12-24-27(19(16)26-20)10-8-22-17(28)13-31-15-6-4-14(21)5-7-15/h4-7,12H,3,8-11,13H2,1-2H3,(H,22,28)(H,23,25,26). The highest BCUT2D eigenvalue weighted by molar-refractivity contribution is 8.00. The summed E-state index contributed by atoms with van der Waals surface area (Å²) in [4.78, 5) is 22.2. The van der Waals surface area contributed by atoms with Crippen LogP contribution in [0, 0.1) is 5.82 Å².